The number of carbonyl (C=O) groups is 2. The number of Topliss-reactive ketones (excluding diaryl/α,β-unsaturated/α-hetero) is 1. The third-order valence-corrected chi connectivity index (χ3v) is 2.51. The molecule has 0 aliphatic carbocycles. The van der Waals surface area contributed by atoms with Crippen molar-refractivity contribution in [1.29, 1.82) is 0 Å². The largest absolute Gasteiger partial charge is 0.361 e. The maximum atomic E-state index is 11.8. The zero-order chi connectivity index (χ0) is 13.8. The van der Waals surface area contributed by atoms with Crippen LogP contribution in [0.5, 0.6) is 0 Å². The second-order valence-electron chi connectivity index (χ2n) is 3.98. The monoisotopic (exact) mass is 259 g/mol. The average molecular weight is 259 g/mol. The summed E-state index contributed by atoms with van der Waals surface area (Å²) in [5.74, 6) is 0.0498. The molecule has 1 heterocycles. The lowest BCUT2D eigenvalue weighted by Gasteiger charge is -2.03. The Balaban J connectivity index is 2.07. The number of nitrogens with two attached hydrogens (primary N) is 1. The fraction of sp³-hybridized carbons (Fsp3) is 0.154. The summed E-state index contributed by atoms with van der Waals surface area (Å²) >= 11 is 0. The van der Waals surface area contributed by atoms with Crippen LogP contribution in [0.25, 0.3) is 0 Å². The molecule has 0 aliphatic rings. The second-order valence-corrected chi connectivity index (χ2v) is 3.98. The lowest BCUT2D eigenvalue weighted by molar-refractivity contribution is 0.0998. The first-order chi connectivity index (χ1) is 9.10. The van der Waals surface area contributed by atoms with Crippen molar-refractivity contribution >= 4 is 17.4 Å². The van der Waals surface area contributed by atoms with Crippen molar-refractivity contribution in [1.82, 2.24) is 5.16 Å². The SMILES string of the molecule is Cc1cc(C(=O)Nc2ccc(C(=O)CN)cc2)no1. The van der Waals surface area contributed by atoms with Crippen LogP contribution in [-0.4, -0.2) is 23.4 Å². The van der Waals surface area contributed by atoms with Gasteiger partial charge in [0.25, 0.3) is 5.91 Å². The molecule has 0 saturated carbocycles. The van der Waals surface area contributed by atoms with Gasteiger partial charge in [0.2, 0.25) is 0 Å². The number of benzene rings is 1. The molecule has 1 aromatic heterocycles. The summed E-state index contributed by atoms with van der Waals surface area (Å²) in [5, 5.41) is 6.26. The maximum absolute atomic E-state index is 11.8. The quantitative estimate of drug-likeness (QED) is 0.808. The smallest absolute Gasteiger partial charge is 0.277 e. The molecule has 2 rings (SSSR count). The molecule has 3 N–H and O–H groups in total. The van der Waals surface area contributed by atoms with Gasteiger partial charge in [0.05, 0.1) is 6.54 Å². The van der Waals surface area contributed by atoms with E-state index >= 15 is 0 Å². The highest BCUT2D eigenvalue weighted by atomic mass is 16.5. The van der Waals surface area contributed by atoms with Gasteiger partial charge in [-0.1, -0.05) is 5.16 Å². The molecular formula is C13H13N3O3. The molecule has 0 fully saturated rings. The Morgan fingerprint density at radius 2 is 2.00 bits per heavy atom. The molecule has 1 amide bonds. The van der Waals surface area contributed by atoms with E-state index in [-0.39, 0.29) is 23.9 Å². The first kappa shape index (κ1) is 13.0. The molecule has 2 aromatic rings. The Morgan fingerprint density at radius 1 is 1.32 bits per heavy atom. The summed E-state index contributed by atoms with van der Waals surface area (Å²) in [7, 11) is 0. The number of carbonyl (C=O) groups excluding carboxylic acids is 2. The predicted molar refractivity (Wildman–Crippen MR) is 69.0 cm³/mol. The van der Waals surface area contributed by atoms with E-state index in [2.05, 4.69) is 10.5 Å². The van der Waals surface area contributed by atoms with Crippen LogP contribution in [0.3, 0.4) is 0 Å². The van der Waals surface area contributed by atoms with Gasteiger partial charge in [-0.2, -0.15) is 0 Å². The van der Waals surface area contributed by atoms with E-state index in [1.54, 1.807) is 37.3 Å². The van der Waals surface area contributed by atoms with E-state index in [0.717, 1.165) is 0 Å². The summed E-state index contributed by atoms with van der Waals surface area (Å²) in [6.45, 7) is 1.67. The number of nitrogens with zero attached hydrogens (tertiary/aromatic N) is 1. The van der Waals surface area contributed by atoms with E-state index in [0.29, 0.717) is 17.0 Å². The molecule has 1 aromatic carbocycles. The van der Waals surface area contributed by atoms with Gasteiger partial charge in [0.1, 0.15) is 5.76 Å². The number of ketones is 1. The minimum absolute atomic E-state index is 0.0378. The van der Waals surface area contributed by atoms with Crippen LogP contribution < -0.4 is 11.1 Å². The minimum Gasteiger partial charge on any atom is -0.361 e. The number of nitrogens with one attached hydrogen (secondary N) is 1. The van der Waals surface area contributed by atoms with Crippen LogP contribution in [0.4, 0.5) is 5.69 Å². The highest BCUT2D eigenvalue weighted by molar-refractivity contribution is 6.03. The zero-order valence-electron chi connectivity index (χ0n) is 10.3. The van der Waals surface area contributed by atoms with Gasteiger partial charge in [-0.3, -0.25) is 9.59 Å². The number of amides is 1. The van der Waals surface area contributed by atoms with Gasteiger partial charge in [-0.05, 0) is 31.2 Å². The summed E-state index contributed by atoms with van der Waals surface area (Å²) in [5.41, 5.74) is 6.55. The third-order valence-electron chi connectivity index (χ3n) is 2.51. The first-order valence-corrected chi connectivity index (χ1v) is 5.68. The van der Waals surface area contributed by atoms with E-state index < -0.39 is 0 Å². The van der Waals surface area contributed by atoms with Gasteiger partial charge in [0.15, 0.2) is 11.5 Å². The lowest BCUT2D eigenvalue weighted by Crippen LogP contribution is -2.14. The standard InChI is InChI=1S/C13H13N3O3/c1-8-6-11(16-19-8)13(18)15-10-4-2-9(3-5-10)12(17)7-14/h2-6H,7,14H2,1H3,(H,15,18). The molecule has 19 heavy (non-hydrogen) atoms. The number of anilines is 1. The Kier molecular flexibility index (Phi) is 3.72. The molecule has 0 bridgehead atoms. The van der Waals surface area contributed by atoms with Crippen molar-refractivity contribution in [2.24, 2.45) is 5.73 Å². The molecule has 98 valence electrons. The summed E-state index contributed by atoms with van der Waals surface area (Å²) in [6.07, 6.45) is 0. The minimum atomic E-state index is -0.366. The Morgan fingerprint density at radius 3 is 2.53 bits per heavy atom. The fourth-order valence-electron chi connectivity index (χ4n) is 1.53. The van der Waals surface area contributed by atoms with Gasteiger partial charge >= 0.3 is 0 Å². The predicted octanol–water partition coefficient (Wildman–Crippen LogP) is 1.38. The fourth-order valence-corrected chi connectivity index (χ4v) is 1.53. The van der Waals surface area contributed by atoms with Crippen molar-refractivity contribution in [3.8, 4) is 0 Å². The topological polar surface area (TPSA) is 98.2 Å². The molecule has 0 spiro atoms. The normalized spacial score (nSPS) is 10.2. The molecule has 0 atom stereocenters. The van der Waals surface area contributed by atoms with Crippen molar-refractivity contribution in [3.63, 3.8) is 0 Å². The van der Waals surface area contributed by atoms with E-state index in [1.807, 2.05) is 0 Å². The second kappa shape index (κ2) is 5.45. The third kappa shape index (κ3) is 3.05. The van der Waals surface area contributed by atoms with Crippen LogP contribution in [-0.2, 0) is 0 Å². The van der Waals surface area contributed by atoms with Crippen LogP contribution in [0.2, 0.25) is 0 Å². The number of hydrogen-bond donors (Lipinski definition) is 2. The van der Waals surface area contributed by atoms with Gasteiger partial charge in [-0.15, -0.1) is 0 Å². The van der Waals surface area contributed by atoms with Crippen molar-refractivity contribution in [2.75, 3.05) is 11.9 Å². The molecule has 0 saturated heterocycles. The summed E-state index contributed by atoms with van der Waals surface area (Å²) in [6, 6.07) is 8.03. The molecule has 0 aliphatic heterocycles. The molecule has 6 nitrogen and oxygen atoms in total. The van der Waals surface area contributed by atoms with Crippen molar-refractivity contribution < 1.29 is 14.1 Å². The molecule has 0 unspecified atom stereocenters. The van der Waals surface area contributed by atoms with Gasteiger partial charge in [-0.25, -0.2) is 0 Å². The molecular weight excluding hydrogens is 246 g/mol. The van der Waals surface area contributed by atoms with Crippen molar-refractivity contribution in [2.45, 2.75) is 6.92 Å². The van der Waals surface area contributed by atoms with E-state index in [4.69, 9.17) is 10.3 Å². The van der Waals surface area contributed by atoms with Gasteiger partial charge < -0.3 is 15.6 Å². The highest BCUT2D eigenvalue weighted by Crippen LogP contribution is 2.12. The number of aryl methyl sites for hydroxylation is 1. The summed E-state index contributed by atoms with van der Waals surface area (Å²) < 4.78 is 4.82. The number of hydrogen-bond acceptors (Lipinski definition) is 5. The number of aromatic nitrogens is 1. The Labute approximate surface area is 109 Å². The highest BCUT2D eigenvalue weighted by Gasteiger charge is 2.11. The van der Waals surface area contributed by atoms with Crippen LogP contribution >= 0.6 is 0 Å². The lowest BCUT2D eigenvalue weighted by atomic mass is 10.1. The van der Waals surface area contributed by atoms with Crippen LogP contribution in [0, 0.1) is 6.92 Å². The number of rotatable bonds is 4. The van der Waals surface area contributed by atoms with E-state index in [1.165, 1.54) is 0 Å². The van der Waals surface area contributed by atoms with Crippen molar-refractivity contribution in [3.05, 3.63) is 47.3 Å². The maximum Gasteiger partial charge on any atom is 0.277 e. The average Bonchev–Trinajstić information content (AvgIpc) is 2.85. The van der Waals surface area contributed by atoms with E-state index in [9.17, 15) is 9.59 Å². The Bertz CT molecular complexity index is 602. The van der Waals surface area contributed by atoms with Crippen LogP contribution in [0.1, 0.15) is 26.6 Å². The zero-order valence-corrected chi connectivity index (χ0v) is 10.3. The Hall–Kier alpha value is -2.47. The summed E-state index contributed by atoms with van der Waals surface area (Å²) in [4.78, 5) is 23.1. The molecule has 0 radical (unpaired) electrons. The molecule has 6 heteroatoms. The van der Waals surface area contributed by atoms with Gasteiger partial charge in [0, 0.05) is 17.3 Å². The first-order valence-electron chi connectivity index (χ1n) is 5.68. The van der Waals surface area contributed by atoms with Crippen LogP contribution in [0.15, 0.2) is 34.9 Å².